The molecule has 3 unspecified atom stereocenters. The summed E-state index contributed by atoms with van der Waals surface area (Å²) in [7, 11) is 0. The number of hydrogen-bond acceptors (Lipinski definition) is 3. The van der Waals surface area contributed by atoms with Crippen molar-refractivity contribution in [2.24, 2.45) is 15.9 Å². The molecule has 0 spiro atoms. The number of nitrogens with zero attached hydrogens (tertiary/aromatic N) is 2. The van der Waals surface area contributed by atoms with E-state index in [0.717, 1.165) is 24.3 Å². The van der Waals surface area contributed by atoms with Crippen LogP contribution in [0.4, 0.5) is 0 Å². The van der Waals surface area contributed by atoms with Crippen molar-refractivity contribution in [3.63, 3.8) is 0 Å². The van der Waals surface area contributed by atoms with E-state index < -0.39 is 0 Å². The Balaban J connectivity index is 2.28. The van der Waals surface area contributed by atoms with Gasteiger partial charge in [0.05, 0.1) is 17.5 Å². The standard InChI is InChI=1S/C9H14N2O/c1-5-3-4-7-8(9(5)12)11-6(2)10-7/h5-6,9,12H,3-4H2,1-2H3. The van der Waals surface area contributed by atoms with Crippen LogP contribution in [0.2, 0.25) is 0 Å². The molecule has 0 bridgehead atoms. The van der Waals surface area contributed by atoms with Gasteiger partial charge in [0.1, 0.15) is 6.17 Å². The second-order valence-corrected chi connectivity index (χ2v) is 3.68. The van der Waals surface area contributed by atoms with Gasteiger partial charge in [0.25, 0.3) is 0 Å². The Kier molecular flexibility index (Phi) is 1.76. The molecule has 0 saturated heterocycles. The molecule has 1 saturated carbocycles. The van der Waals surface area contributed by atoms with Gasteiger partial charge in [0.2, 0.25) is 0 Å². The van der Waals surface area contributed by atoms with E-state index >= 15 is 0 Å². The van der Waals surface area contributed by atoms with Crippen molar-refractivity contribution in [1.29, 1.82) is 0 Å². The van der Waals surface area contributed by atoms with Gasteiger partial charge in [-0.15, -0.1) is 0 Å². The molecule has 0 aromatic carbocycles. The quantitative estimate of drug-likeness (QED) is 0.573. The average molecular weight is 166 g/mol. The lowest BCUT2D eigenvalue weighted by atomic mass is 9.85. The van der Waals surface area contributed by atoms with Crippen LogP contribution in [-0.4, -0.2) is 28.8 Å². The SMILES string of the molecule is CC1N=C2CCC(C)C(O)C2=N1. The molecule has 0 aromatic heterocycles. The molecule has 2 rings (SSSR count). The zero-order valence-corrected chi connectivity index (χ0v) is 7.49. The van der Waals surface area contributed by atoms with Crippen LogP contribution in [0.15, 0.2) is 9.98 Å². The highest BCUT2D eigenvalue weighted by Crippen LogP contribution is 2.24. The molecule has 1 N–H and O–H groups in total. The lowest BCUT2D eigenvalue weighted by Crippen LogP contribution is -2.37. The summed E-state index contributed by atoms with van der Waals surface area (Å²) < 4.78 is 0. The summed E-state index contributed by atoms with van der Waals surface area (Å²) in [5.41, 5.74) is 1.88. The van der Waals surface area contributed by atoms with Crippen molar-refractivity contribution in [2.75, 3.05) is 0 Å². The molecule has 1 fully saturated rings. The summed E-state index contributed by atoms with van der Waals surface area (Å²) in [6, 6.07) is 0. The first-order chi connectivity index (χ1) is 5.68. The van der Waals surface area contributed by atoms with E-state index in [1.807, 2.05) is 6.92 Å². The highest BCUT2D eigenvalue weighted by Gasteiger charge is 2.32. The van der Waals surface area contributed by atoms with Gasteiger partial charge in [-0.05, 0) is 25.7 Å². The van der Waals surface area contributed by atoms with Crippen LogP contribution >= 0.6 is 0 Å². The van der Waals surface area contributed by atoms with Crippen LogP contribution in [-0.2, 0) is 0 Å². The minimum atomic E-state index is -0.373. The average Bonchev–Trinajstić information content (AvgIpc) is 2.39. The summed E-state index contributed by atoms with van der Waals surface area (Å²) >= 11 is 0. The van der Waals surface area contributed by atoms with Crippen LogP contribution in [0.3, 0.4) is 0 Å². The second kappa shape index (κ2) is 2.66. The molecule has 0 amide bonds. The number of aliphatic hydroxyl groups excluding tert-OH is 1. The Morgan fingerprint density at radius 1 is 1.33 bits per heavy atom. The van der Waals surface area contributed by atoms with Gasteiger partial charge in [-0.3, -0.25) is 9.98 Å². The van der Waals surface area contributed by atoms with E-state index in [2.05, 4.69) is 16.9 Å². The van der Waals surface area contributed by atoms with E-state index in [9.17, 15) is 5.11 Å². The molecule has 3 heteroatoms. The fourth-order valence-electron chi connectivity index (χ4n) is 1.83. The van der Waals surface area contributed by atoms with Gasteiger partial charge in [-0.1, -0.05) is 6.92 Å². The minimum absolute atomic E-state index is 0.0370. The lowest BCUT2D eigenvalue weighted by Gasteiger charge is -2.24. The molecule has 1 aliphatic carbocycles. The van der Waals surface area contributed by atoms with Crippen LogP contribution < -0.4 is 0 Å². The Morgan fingerprint density at radius 2 is 2.08 bits per heavy atom. The van der Waals surface area contributed by atoms with Crippen molar-refractivity contribution in [3.8, 4) is 0 Å². The highest BCUT2D eigenvalue weighted by atomic mass is 16.3. The van der Waals surface area contributed by atoms with Gasteiger partial charge in [-0.2, -0.15) is 0 Å². The molecule has 2 aliphatic rings. The van der Waals surface area contributed by atoms with Crippen molar-refractivity contribution < 1.29 is 5.11 Å². The number of hydrogen-bond donors (Lipinski definition) is 1. The first-order valence-electron chi connectivity index (χ1n) is 4.51. The van der Waals surface area contributed by atoms with E-state index in [-0.39, 0.29) is 12.3 Å². The monoisotopic (exact) mass is 166 g/mol. The minimum Gasteiger partial charge on any atom is -0.386 e. The fourth-order valence-corrected chi connectivity index (χ4v) is 1.83. The Labute approximate surface area is 72.2 Å². The largest absolute Gasteiger partial charge is 0.386 e. The third-order valence-corrected chi connectivity index (χ3v) is 2.62. The van der Waals surface area contributed by atoms with Gasteiger partial charge in [0, 0.05) is 0 Å². The zero-order chi connectivity index (χ0) is 8.72. The number of rotatable bonds is 0. The summed E-state index contributed by atoms with van der Waals surface area (Å²) in [5, 5.41) is 9.75. The van der Waals surface area contributed by atoms with Crippen LogP contribution in [0, 0.1) is 5.92 Å². The molecule has 1 aliphatic heterocycles. The maximum Gasteiger partial charge on any atom is 0.137 e. The molecule has 3 nitrogen and oxygen atoms in total. The zero-order valence-electron chi connectivity index (χ0n) is 7.49. The molecular formula is C9H14N2O. The highest BCUT2D eigenvalue weighted by molar-refractivity contribution is 6.45. The number of fused-ring (bicyclic) bond motifs is 1. The molecule has 12 heavy (non-hydrogen) atoms. The lowest BCUT2D eigenvalue weighted by molar-refractivity contribution is 0.173. The van der Waals surface area contributed by atoms with E-state index in [1.54, 1.807) is 0 Å². The molecule has 1 heterocycles. The van der Waals surface area contributed by atoms with Crippen LogP contribution in [0.1, 0.15) is 26.7 Å². The molecule has 0 aromatic rings. The summed E-state index contributed by atoms with van der Waals surface area (Å²) in [6.07, 6.45) is 1.69. The predicted molar refractivity (Wildman–Crippen MR) is 48.7 cm³/mol. The van der Waals surface area contributed by atoms with Gasteiger partial charge in [-0.25, -0.2) is 0 Å². The van der Waals surface area contributed by atoms with Crippen molar-refractivity contribution in [2.45, 2.75) is 39.0 Å². The second-order valence-electron chi connectivity index (χ2n) is 3.68. The predicted octanol–water partition coefficient (Wildman–Crippen LogP) is 1.02. The smallest absolute Gasteiger partial charge is 0.137 e. The maximum absolute atomic E-state index is 9.75. The Morgan fingerprint density at radius 3 is 2.83 bits per heavy atom. The molecular weight excluding hydrogens is 152 g/mol. The van der Waals surface area contributed by atoms with Gasteiger partial charge in [0.15, 0.2) is 0 Å². The molecule has 0 radical (unpaired) electrons. The molecule has 66 valence electrons. The van der Waals surface area contributed by atoms with Crippen molar-refractivity contribution >= 4 is 11.4 Å². The first-order valence-corrected chi connectivity index (χ1v) is 4.51. The Bertz CT molecular complexity index is 257. The maximum atomic E-state index is 9.75. The van der Waals surface area contributed by atoms with Crippen LogP contribution in [0.5, 0.6) is 0 Å². The van der Waals surface area contributed by atoms with E-state index in [1.165, 1.54) is 0 Å². The van der Waals surface area contributed by atoms with E-state index in [0.29, 0.717) is 5.92 Å². The third-order valence-electron chi connectivity index (χ3n) is 2.62. The van der Waals surface area contributed by atoms with E-state index in [4.69, 9.17) is 0 Å². The third kappa shape index (κ3) is 1.08. The Hall–Kier alpha value is -0.700. The van der Waals surface area contributed by atoms with Gasteiger partial charge < -0.3 is 5.11 Å². The summed E-state index contributed by atoms with van der Waals surface area (Å²) in [5.74, 6) is 0.341. The topological polar surface area (TPSA) is 45.0 Å². The fraction of sp³-hybridized carbons (Fsp3) is 0.778. The number of aliphatic hydroxyl groups is 1. The molecule has 3 atom stereocenters. The number of aliphatic imine (C=N–C) groups is 2. The first kappa shape index (κ1) is 7.92. The van der Waals surface area contributed by atoms with Crippen molar-refractivity contribution in [3.05, 3.63) is 0 Å². The van der Waals surface area contributed by atoms with Crippen LogP contribution in [0.25, 0.3) is 0 Å². The van der Waals surface area contributed by atoms with Crippen molar-refractivity contribution in [1.82, 2.24) is 0 Å². The normalized spacial score (nSPS) is 40.4. The summed E-state index contributed by atoms with van der Waals surface area (Å²) in [6.45, 7) is 4.02. The summed E-state index contributed by atoms with van der Waals surface area (Å²) in [4.78, 5) is 8.65. The van der Waals surface area contributed by atoms with Gasteiger partial charge >= 0.3 is 0 Å².